The number of ether oxygens (including phenoxy) is 1. The minimum absolute atomic E-state index is 0.0496. The van der Waals surface area contributed by atoms with Gasteiger partial charge in [0.15, 0.2) is 0 Å². The molecule has 2 aromatic rings. The van der Waals surface area contributed by atoms with Crippen molar-refractivity contribution in [3.05, 3.63) is 46.6 Å². The number of aryl methyl sites for hydroxylation is 1. The lowest BCUT2D eigenvalue weighted by Crippen LogP contribution is -2.22. The van der Waals surface area contributed by atoms with Crippen molar-refractivity contribution in [3.8, 4) is 5.75 Å². The van der Waals surface area contributed by atoms with E-state index >= 15 is 0 Å². The number of hydrogen-bond donors (Lipinski definition) is 1. The molecule has 0 aliphatic rings. The number of methoxy groups -OCH3 is 1. The Morgan fingerprint density at radius 3 is 2.65 bits per heavy atom. The lowest BCUT2D eigenvalue weighted by atomic mass is 10.2. The fraction of sp³-hybridized carbons (Fsp3) is 0.250. The van der Waals surface area contributed by atoms with Gasteiger partial charge in [-0.05, 0) is 17.7 Å². The van der Waals surface area contributed by atoms with Gasteiger partial charge in [0.2, 0.25) is 0 Å². The first-order valence-electron chi connectivity index (χ1n) is 5.25. The second-order valence-corrected chi connectivity index (χ2v) is 3.93. The summed E-state index contributed by atoms with van der Waals surface area (Å²) >= 11 is 0. The largest absolute Gasteiger partial charge is 0.497 e. The first-order valence-corrected chi connectivity index (χ1v) is 5.25. The van der Waals surface area contributed by atoms with Gasteiger partial charge in [-0.15, -0.1) is 0 Å². The van der Waals surface area contributed by atoms with Crippen LogP contribution in [0.5, 0.6) is 5.75 Å². The molecule has 2 N–H and O–H groups in total. The lowest BCUT2D eigenvalue weighted by molar-refractivity contribution is 0.414. The molecule has 2 rings (SSSR count). The fourth-order valence-corrected chi connectivity index (χ4v) is 1.72. The third-order valence-corrected chi connectivity index (χ3v) is 2.59. The van der Waals surface area contributed by atoms with Gasteiger partial charge in [-0.3, -0.25) is 4.57 Å². The van der Waals surface area contributed by atoms with E-state index in [1.807, 2.05) is 12.1 Å². The highest BCUT2D eigenvalue weighted by Crippen LogP contribution is 2.18. The molecule has 1 aromatic carbocycles. The zero-order valence-corrected chi connectivity index (χ0v) is 9.88. The third-order valence-electron chi connectivity index (χ3n) is 2.59. The average molecular weight is 233 g/mol. The molecule has 0 bridgehead atoms. The molecule has 0 aliphatic heterocycles. The van der Waals surface area contributed by atoms with Crippen LogP contribution in [0.3, 0.4) is 0 Å². The van der Waals surface area contributed by atoms with Crippen LogP contribution < -0.4 is 16.2 Å². The molecule has 0 saturated heterocycles. The first kappa shape index (κ1) is 11.3. The molecule has 5 heteroatoms. The molecular weight excluding hydrogens is 218 g/mol. The molecule has 0 aliphatic carbocycles. The van der Waals surface area contributed by atoms with Gasteiger partial charge in [-0.2, -0.15) is 0 Å². The Labute approximate surface area is 99.0 Å². The molecule has 0 radical (unpaired) electrons. The third kappa shape index (κ3) is 2.33. The standard InChI is InChI=1S/C12H15N3O2/c1-14-3-4-15(12(14)16)8-9-5-10(13)7-11(6-9)17-2/h3-7H,8,13H2,1-2H3. The highest BCUT2D eigenvalue weighted by atomic mass is 16.5. The topological polar surface area (TPSA) is 62.2 Å². The smallest absolute Gasteiger partial charge is 0.328 e. The second kappa shape index (κ2) is 4.37. The summed E-state index contributed by atoms with van der Waals surface area (Å²) in [5.74, 6) is 0.698. The Kier molecular flexibility index (Phi) is 2.91. The van der Waals surface area contributed by atoms with Gasteiger partial charge in [0.05, 0.1) is 13.7 Å². The Morgan fingerprint density at radius 1 is 1.29 bits per heavy atom. The Morgan fingerprint density at radius 2 is 2.06 bits per heavy atom. The molecule has 1 heterocycles. The van der Waals surface area contributed by atoms with Gasteiger partial charge in [0.25, 0.3) is 0 Å². The number of nitrogens with zero attached hydrogens (tertiary/aromatic N) is 2. The van der Waals surface area contributed by atoms with Crippen LogP contribution in [0.4, 0.5) is 5.69 Å². The number of aromatic nitrogens is 2. The predicted molar refractivity (Wildman–Crippen MR) is 66.2 cm³/mol. The SMILES string of the molecule is COc1cc(N)cc(Cn2ccn(C)c2=O)c1. The zero-order valence-electron chi connectivity index (χ0n) is 9.88. The molecule has 17 heavy (non-hydrogen) atoms. The highest BCUT2D eigenvalue weighted by molar-refractivity contribution is 5.47. The summed E-state index contributed by atoms with van der Waals surface area (Å²) in [6, 6.07) is 5.45. The Bertz CT molecular complexity index is 584. The average Bonchev–Trinajstić information content (AvgIpc) is 2.60. The summed E-state index contributed by atoms with van der Waals surface area (Å²) in [4.78, 5) is 11.7. The van der Waals surface area contributed by atoms with Crippen LogP contribution in [0, 0.1) is 0 Å². The van der Waals surface area contributed by atoms with E-state index in [1.165, 1.54) is 4.57 Å². The van der Waals surface area contributed by atoms with Crippen molar-refractivity contribution in [1.29, 1.82) is 0 Å². The van der Waals surface area contributed by atoms with Crippen molar-refractivity contribution in [2.75, 3.05) is 12.8 Å². The minimum atomic E-state index is -0.0496. The van der Waals surface area contributed by atoms with Crippen molar-refractivity contribution >= 4 is 5.69 Å². The fourth-order valence-electron chi connectivity index (χ4n) is 1.72. The molecule has 0 saturated carbocycles. The van der Waals surface area contributed by atoms with E-state index in [0.717, 1.165) is 5.56 Å². The van der Waals surface area contributed by atoms with E-state index in [0.29, 0.717) is 18.0 Å². The maximum absolute atomic E-state index is 11.7. The molecule has 0 atom stereocenters. The van der Waals surface area contributed by atoms with E-state index in [4.69, 9.17) is 10.5 Å². The molecule has 0 spiro atoms. The van der Waals surface area contributed by atoms with E-state index in [1.54, 1.807) is 37.2 Å². The first-order chi connectivity index (χ1) is 8.10. The molecular formula is C12H15N3O2. The van der Waals surface area contributed by atoms with Crippen LogP contribution in [-0.4, -0.2) is 16.2 Å². The van der Waals surface area contributed by atoms with E-state index < -0.39 is 0 Å². The summed E-state index contributed by atoms with van der Waals surface area (Å²) in [5.41, 5.74) is 7.28. The maximum atomic E-state index is 11.7. The van der Waals surface area contributed by atoms with Gasteiger partial charge in [-0.1, -0.05) is 0 Å². The molecule has 1 aromatic heterocycles. The van der Waals surface area contributed by atoms with Crippen LogP contribution in [0.2, 0.25) is 0 Å². The summed E-state index contributed by atoms with van der Waals surface area (Å²) < 4.78 is 8.29. The molecule has 0 unspecified atom stereocenters. The van der Waals surface area contributed by atoms with Crippen molar-refractivity contribution < 1.29 is 4.74 Å². The van der Waals surface area contributed by atoms with Crippen LogP contribution >= 0.6 is 0 Å². The Balaban J connectivity index is 2.33. The van der Waals surface area contributed by atoms with Crippen LogP contribution in [0.25, 0.3) is 0 Å². The van der Waals surface area contributed by atoms with Crippen LogP contribution in [0.15, 0.2) is 35.4 Å². The summed E-state index contributed by atoms with van der Waals surface area (Å²) in [6.45, 7) is 0.487. The number of hydrogen-bond acceptors (Lipinski definition) is 3. The number of nitrogen functional groups attached to an aromatic ring is 1. The molecule has 0 fully saturated rings. The van der Waals surface area contributed by atoms with Gasteiger partial charge < -0.3 is 15.0 Å². The number of anilines is 1. The number of imidazole rings is 1. The predicted octanol–water partition coefficient (Wildman–Crippen LogP) is 0.826. The van der Waals surface area contributed by atoms with Gasteiger partial charge in [-0.25, -0.2) is 4.79 Å². The van der Waals surface area contributed by atoms with Gasteiger partial charge >= 0.3 is 5.69 Å². The molecule has 90 valence electrons. The quantitative estimate of drug-likeness (QED) is 0.798. The number of rotatable bonds is 3. The van der Waals surface area contributed by atoms with Gasteiger partial charge in [0.1, 0.15) is 5.75 Å². The highest BCUT2D eigenvalue weighted by Gasteiger charge is 2.03. The normalized spacial score (nSPS) is 10.5. The molecule has 0 amide bonds. The van der Waals surface area contributed by atoms with E-state index in [-0.39, 0.29) is 5.69 Å². The summed E-state index contributed by atoms with van der Waals surface area (Å²) in [7, 11) is 3.31. The van der Waals surface area contributed by atoms with Gasteiger partial charge in [0, 0.05) is 31.2 Å². The Hall–Kier alpha value is -2.17. The number of benzene rings is 1. The summed E-state index contributed by atoms with van der Waals surface area (Å²) in [5, 5.41) is 0. The zero-order chi connectivity index (χ0) is 12.4. The lowest BCUT2D eigenvalue weighted by Gasteiger charge is -2.06. The number of nitrogens with two attached hydrogens (primary N) is 1. The van der Waals surface area contributed by atoms with E-state index in [9.17, 15) is 4.79 Å². The van der Waals surface area contributed by atoms with Crippen molar-refractivity contribution in [2.24, 2.45) is 7.05 Å². The summed E-state index contributed by atoms with van der Waals surface area (Å²) in [6.07, 6.45) is 3.48. The van der Waals surface area contributed by atoms with Crippen molar-refractivity contribution in [2.45, 2.75) is 6.54 Å². The van der Waals surface area contributed by atoms with Crippen LogP contribution in [-0.2, 0) is 13.6 Å². The second-order valence-electron chi connectivity index (χ2n) is 3.93. The maximum Gasteiger partial charge on any atom is 0.328 e. The minimum Gasteiger partial charge on any atom is -0.497 e. The van der Waals surface area contributed by atoms with Crippen molar-refractivity contribution in [3.63, 3.8) is 0 Å². The monoisotopic (exact) mass is 233 g/mol. The van der Waals surface area contributed by atoms with Crippen molar-refractivity contribution in [1.82, 2.24) is 9.13 Å². The van der Waals surface area contributed by atoms with Crippen LogP contribution in [0.1, 0.15) is 5.56 Å². The van der Waals surface area contributed by atoms with E-state index in [2.05, 4.69) is 0 Å². The molecule has 5 nitrogen and oxygen atoms in total.